The van der Waals surface area contributed by atoms with E-state index < -0.39 is 0 Å². The van der Waals surface area contributed by atoms with E-state index in [9.17, 15) is 0 Å². The highest BCUT2D eigenvalue weighted by atomic mass is 14.9. The van der Waals surface area contributed by atoms with Gasteiger partial charge in [-0.3, -0.25) is 0 Å². The first-order chi connectivity index (χ1) is 13.6. The fourth-order valence-electron chi connectivity index (χ4n) is 4.35. The molecule has 0 bridgehead atoms. The van der Waals surface area contributed by atoms with Crippen molar-refractivity contribution in [3.63, 3.8) is 0 Å². The molecule has 0 saturated heterocycles. The average Bonchev–Trinajstić information content (AvgIpc) is 2.66. The van der Waals surface area contributed by atoms with Crippen molar-refractivity contribution in [1.82, 2.24) is 0 Å². The van der Waals surface area contributed by atoms with E-state index in [2.05, 4.69) is 45.1 Å². The fourth-order valence-corrected chi connectivity index (χ4v) is 4.35. The molecule has 1 rings (SSSR count). The van der Waals surface area contributed by atoms with Crippen LogP contribution in [-0.2, 0) is 0 Å². The Balaban J connectivity index is 1.84. The van der Waals surface area contributed by atoms with Gasteiger partial charge >= 0.3 is 0 Å². The van der Waals surface area contributed by atoms with Crippen molar-refractivity contribution in [1.29, 1.82) is 0 Å². The number of hydrogen-bond donors (Lipinski definition) is 1. The molecule has 1 nitrogen and oxygen atoms in total. The molecule has 0 atom stereocenters. The number of unbranched alkanes of at least 4 members (excludes halogenated alkanes) is 15. The Hall–Kier alpha value is -0.980. The van der Waals surface area contributed by atoms with Gasteiger partial charge in [0.25, 0.3) is 0 Å². The van der Waals surface area contributed by atoms with E-state index >= 15 is 0 Å². The summed E-state index contributed by atoms with van der Waals surface area (Å²) >= 11 is 0. The summed E-state index contributed by atoms with van der Waals surface area (Å²) in [6.07, 6.45) is 22.9. The summed E-state index contributed by atoms with van der Waals surface area (Å²) in [5, 5.41) is 3.66. The second-order valence-electron chi connectivity index (χ2n) is 9.00. The topological polar surface area (TPSA) is 12.0 Å². The monoisotopic (exact) mass is 387 g/mol. The van der Waals surface area contributed by atoms with Gasteiger partial charge in [-0.15, -0.1) is 0 Å². The fraction of sp³-hybridized carbons (Fsp3) is 0.778. The lowest BCUT2D eigenvalue weighted by Gasteiger charge is -2.13. The second-order valence-corrected chi connectivity index (χ2v) is 9.00. The van der Waals surface area contributed by atoms with Crippen LogP contribution in [0.2, 0.25) is 0 Å². The standard InChI is InChI=1S/C27H49N/c1-5-6-7-8-9-10-11-12-13-14-15-16-17-18-19-20-21-28-27-25(3)22-24(2)23-26(27)4/h22-23,28H,5-21H2,1-4H3. The molecular formula is C27H49N. The molecule has 1 aromatic carbocycles. The highest BCUT2D eigenvalue weighted by Gasteiger charge is 2.02. The smallest absolute Gasteiger partial charge is 0.0399 e. The molecule has 1 aromatic rings. The van der Waals surface area contributed by atoms with Crippen LogP contribution in [-0.4, -0.2) is 6.54 Å². The van der Waals surface area contributed by atoms with Crippen LogP contribution < -0.4 is 5.32 Å². The minimum Gasteiger partial charge on any atom is -0.385 e. The van der Waals surface area contributed by atoms with E-state index in [4.69, 9.17) is 0 Å². The maximum atomic E-state index is 3.66. The van der Waals surface area contributed by atoms with Gasteiger partial charge in [-0.1, -0.05) is 121 Å². The van der Waals surface area contributed by atoms with Gasteiger partial charge in [0.05, 0.1) is 0 Å². The van der Waals surface area contributed by atoms with Crippen LogP contribution in [0.15, 0.2) is 12.1 Å². The van der Waals surface area contributed by atoms with Crippen LogP contribution in [0.5, 0.6) is 0 Å². The Kier molecular flexibility index (Phi) is 15.1. The van der Waals surface area contributed by atoms with E-state index in [0.29, 0.717) is 0 Å². The first-order valence-electron chi connectivity index (χ1n) is 12.5. The van der Waals surface area contributed by atoms with Crippen molar-refractivity contribution in [3.05, 3.63) is 28.8 Å². The summed E-state index contributed by atoms with van der Waals surface area (Å²) in [5.41, 5.74) is 5.48. The molecule has 0 spiro atoms. The lowest BCUT2D eigenvalue weighted by molar-refractivity contribution is 0.530. The molecule has 0 radical (unpaired) electrons. The molecule has 0 aliphatic heterocycles. The molecule has 28 heavy (non-hydrogen) atoms. The molecule has 0 aliphatic carbocycles. The van der Waals surface area contributed by atoms with E-state index in [1.165, 1.54) is 125 Å². The number of rotatable bonds is 18. The summed E-state index contributed by atoms with van der Waals surface area (Å²) in [6, 6.07) is 4.56. The molecule has 1 heteroatoms. The van der Waals surface area contributed by atoms with Crippen molar-refractivity contribution in [2.45, 2.75) is 130 Å². The summed E-state index contributed by atoms with van der Waals surface area (Å²) in [5.74, 6) is 0. The lowest BCUT2D eigenvalue weighted by atomic mass is 10.0. The Morgan fingerprint density at radius 1 is 0.536 bits per heavy atom. The molecule has 0 aliphatic rings. The highest BCUT2D eigenvalue weighted by Crippen LogP contribution is 2.22. The maximum absolute atomic E-state index is 3.66. The van der Waals surface area contributed by atoms with Crippen LogP contribution in [0.3, 0.4) is 0 Å². The van der Waals surface area contributed by atoms with Gasteiger partial charge < -0.3 is 5.32 Å². The van der Waals surface area contributed by atoms with Gasteiger partial charge in [0.15, 0.2) is 0 Å². The Labute approximate surface area is 177 Å². The van der Waals surface area contributed by atoms with Gasteiger partial charge in [-0.25, -0.2) is 0 Å². The van der Waals surface area contributed by atoms with Crippen LogP contribution in [0.4, 0.5) is 5.69 Å². The summed E-state index contributed by atoms with van der Waals surface area (Å²) < 4.78 is 0. The third-order valence-corrected chi connectivity index (χ3v) is 6.01. The second kappa shape index (κ2) is 16.9. The van der Waals surface area contributed by atoms with E-state index in [1.54, 1.807) is 0 Å². The van der Waals surface area contributed by atoms with Crippen molar-refractivity contribution in [2.24, 2.45) is 0 Å². The first kappa shape index (κ1) is 25.1. The number of aryl methyl sites for hydroxylation is 3. The zero-order valence-electron chi connectivity index (χ0n) is 19.7. The molecule has 162 valence electrons. The molecular weight excluding hydrogens is 338 g/mol. The quantitative estimate of drug-likeness (QED) is 0.247. The van der Waals surface area contributed by atoms with Gasteiger partial charge in [0, 0.05) is 12.2 Å². The molecule has 0 heterocycles. The SMILES string of the molecule is CCCCCCCCCCCCCCCCCCNc1c(C)cc(C)cc1C. The van der Waals surface area contributed by atoms with Crippen molar-refractivity contribution >= 4 is 5.69 Å². The van der Waals surface area contributed by atoms with Crippen LogP contribution in [0.1, 0.15) is 126 Å². The average molecular weight is 388 g/mol. The van der Waals surface area contributed by atoms with Gasteiger partial charge in [0.1, 0.15) is 0 Å². The molecule has 0 amide bonds. The minimum atomic E-state index is 1.11. The number of nitrogens with one attached hydrogen (secondary N) is 1. The minimum absolute atomic E-state index is 1.11. The van der Waals surface area contributed by atoms with Gasteiger partial charge in [-0.2, -0.15) is 0 Å². The largest absolute Gasteiger partial charge is 0.385 e. The third-order valence-electron chi connectivity index (χ3n) is 6.01. The third kappa shape index (κ3) is 12.5. The maximum Gasteiger partial charge on any atom is 0.0399 e. The summed E-state index contributed by atoms with van der Waals surface area (Å²) in [7, 11) is 0. The van der Waals surface area contributed by atoms with E-state index in [1.807, 2.05) is 0 Å². The number of hydrogen-bond acceptors (Lipinski definition) is 1. The van der Waals surface area contributed by atoms with E-state index in [0.717, 1.165) is 6.54 Å². The lowest BCUT2D eigenvalue weighted by Crippen LogP contribution is -2.05. The Morgan fingerprint density at radius 3 is 1.29 bits per heavy atom. The highest BCUT2D eigenvalue weighted by molar-refractivity contribution is 5.58. The predicted molar refractivity (Wildman–Crippen MR) is 129 cm³/mol. The zero-order valence-corrected chi connectivity index (χ0v) is 19.7. The number of anilines is 1. The zero-order chi connectivity index (χ0) is 20.5. The summed E-state index contributed by atoms with van der Waals surface area (Å²) in [6.45, 7) is 10.0. The number of benzene rings is 1. The van der Waals surface area contributed by atoms with E-state index in [-0.39, 0.29) is 0 Å². The molecule has 0 fully saturated rings. The first-order valence-corrected chi connectivity index (χ1v) is 12.5. The Bertz CT molecular complexity index is 468. The van der Waals surface area contributed by atoms with Crippen molar-refractivity contribution in [3.8, 4) is 0 Å². The molecule has 0 saturated carbocycles. The van der Waals surface area contributed by atoms with Crippen LogP contribution >= 0.6 is 0 Å². The van der Waals surface area contributed by atoms with Gasteiger partial charge in [0.2, 0.25) is 0 Å². The van der Waals surface area contributed by atoms with Crippen molar-refractivity contribution in [2.75, 3.05) is 11.9 Å². The molecule has 0 unspecified atom stereocenters. The van der Waals surface area contributed by atoms with Crippen molar-refractivity contribution < 1.29 is 0 Å². The molecule has 1 N–H and O–H groups in total. The molecule has 0 aromatic heterocycles. The van der Waals surface area contributed by atoms with Gasteiger partial charge in [-0.05, 0) is 38.3 Å². The van der Waals surface area contributed by atoms with Crippen LogP contribution in [0.25, 0.3) is 0 Å². The summed E-state index contributed by atoms with van der Waals surface area (Å²) in [4.78, 5) is 0. The van der Waals surface area contributed by atoms with Crippen LogP contribution in [0, 0.1) is 20.8 Å². The predicted octanol–water partition coefficient (Wildman–Crippen LogP) is 9.29. The normalized spacial score (nSPS) is 11.1. The Morgan fingerprint density at radius 2 is 0.893 bits per heavy atom.